The molecule has 0 aliphatic carbocycles. The Kier molecular flexibility index (Phi) is 4.28. The topological polar surface area (TPSA) is 30.7 Å². The molecule has 0 bridgehead atoms. The van der Waals surface area contributed by atoms with Crippen LogP contribution in [0.2, 0.25) is 0 Å². The summed E-state index contributed by atoms with van der Waals surface area (Å²) in [6.07, 6.45) is 3.81. The van der Waals surface area contributed by atoms with Crippen molar-refractivity contribution in [2.24, 2.45) is 0 Å². The molecule has 0 atom stereocenters. The van der Waals surface area contributed by atoms with E-state index >= 15 is 0 Å². The van der Waals surface area contributed by atoms with Crippen LogP contribution in [-0.4, -0.2) is 14.5 Å². The molecule has 3 heteroatoms. The van der Waals surface area contributed by atoms with Crippen LogP contribution in [0.5, 0.6) is 0 Å². The number of pyridine rings is 2. The first-order chi connectivity index (χ1) is 18.6. The van der Waals surface area contributed by atoms with Crippen LogP contribution < -0.4 is 0 Å². The van der Waals surface area contributed by atoms with E-state index in [1.54, 1.807) is 0 Å². The highest BCUT2D eigenvalue weighted by molar-refractivity contribution is 6.12. The summed E-state index contributed by atoms with van der Waals surface area (Å²) in [7, 11) is 0. The molecule has 1 aliphatic heterocycles. The van der Waals surface area contributed by atoms with Gasteiger partial charge in [0.05, 0.1) is 28.1 Å². The summed E-state index contributed by atoms with van der Waals surface area (Å²) in [4.78, 5) is 9.60. The third kappa shape index (κ3) is 2.84. The standard InChI is InChI=1S/C35H25N3/c1-35(2)29-13-6-12-27-28-21-24(15-16-30(28)38(33(27)29)31-14-7-18-37-34(31)35)23-9-5-10-25(20-23)32-26-11-4-3-8-22(26)17-19-36-32/h3-21H,1-2H3. The average Bonchev–Trinajstić information content (AvgIpc) is 3.30. The SMILES string of the molecule is CC1(C)c2ncccc2-n2c3ccc(-c4cccc(-c5nccc6ccccc56)c4)cc3c3cccc1c32. The molecule has 3 aromatic heterocycles. The number of hydrogen-bond acceptors (Lipinski definition) is 2. The summed E-state index contributed by atoms with van der Waals surface area (Å²) in [5, 5.41) is 4.93. The first-order valence-corrected chi connectivity index (χ1v) is 13.1. The Balaban J connectivity index is 1.36. The van der Waals surface area contributed by atoms with Crippen molar-refractivity contribution in [2.45, 2.75) is 19.3 Å². The first-order valence-electron chi connectivity index (χ1n) is 13.1. The van der Waals surface area contributed by atoms with E-state index < -0.39 is 0 Å². The third-order valence-corrected chi connectivity index (χ3v) is 8.22. The van der Waals surface area contributed by atoms with Crippen LogP contribution >= 0.6 is 0 Å². The number of nitrogens with zero attached hydrogens (tertiary/aromatic N) is 3. The van der Waals surface area contributed by atoms with Crippen molar-refractivity contribution in [3.63, 3.8) is 0 Å². The van der Waals surface area contributed by atoms with Crippen LogP contribution in [0.4, 0.5) is 0 Å². The molecule has 0 radical (unpaired) electrons. The van der Waals surface area contributed by atoms with Gasteiger partial charge >= 0.3 is 0 Å². The summed E-state index contributed by atoms with van der Waals surface area (Å²) < 4.78 is 2.41. The molecule has 4 aromatic carbocycles. The van der Waals surface area contributed by atoms with E-state index in [9.17, 15) is 0 Å². The van der Waals surface area contributed by atoms with Gasteiger partial charge in [-0.2, -0.15) is 0 Å². The maximum atomic E-state index is 4.84. The zero-order valence-electron chi connectivity index (χ0n) is 21.3. The van der Waals surface area contributed by atoms with Crippen molar-refractivity contribution < 1.29 is 0 Å². The van der Waals surface area contributed by atoms with Gasteiger partial charge in [-0.3, -0.25) is 9.97 Å². The van der Waals surface area contributed by atoms with E-state index in [0.717, 1.165) is 17.0 Å². The van der Waals surface area contributed by atoms with Crippen molar-refractivity contribution in [1.82, 2.24) is 14.5 Å². The number of fused-ring (bicyclic) bond motifs is 6. The van der Waals surface area contributed by atoms with Crippen LogP contribution in [0.3, 0.4) is 0 Å². The minimum absolute atomic E-state index is 0.164. The van der Waals surface area contributed by atoms with Gasteiger partial charge in [0.15, 0.2) is 0 Å². The zero-order valence-corrected chi connectivity index (χ0v) is 21.3. The first kappa shape index (κ1) is 21.3. The summed E-state index contributed by atoms with van der Waals surface area (Å²) in [5.74, 6) is 0. The number of para-hydroxylation sites is 1. The fraction of sp³-hybridized carbons (Fsp3) is 0.0857. The van der Waals surface area contributed by atoms with E-state index in [0.29, 0.717) is 0 Å². The Morgan fingerprint density at radius 1 is 0.605 bits per heavy atom. The number of benzene rings is 4. The lowest BCUT2D eigenvalue weighted by molar-refractivity contribution is 0.606. The summed E-state index contributed by atoms with van der Waals surface area (Å²) >= 11 is 0. The van der Waals surface area contributed by atoms with Crippen LogP contribution in [0.15, 0.2) is 116 Å². The van der Waals surface area contributed by atoms with Gasteiger partial charge in [-0.1, -0.05) is 66.7 Å². The van der Waals surface area contributed by atoms with Crippen LogP contribution in [0.25, 0.3) is 60.6 Å². The predicted molar refractivity (Wildman–Crippen MR) is 157 cm³/mol. The molecule has 0 saturated carbocycles. The Morgan fingerprint density at radius 3 is 2.37 bits per heavy atom. The molecule has 0 fully saturated rings. The van der Waals surface area contributed by atoms with Crippen molar-refractivity contribution >= 4 is 32.6 Å². The Morgan fingerprint density at radius 2 is 1.42 bits per heavy atom. The van der Waals surface area contributed by atoms with Gasteiger partial charge in [-0.25, -0.2) is 0 Å². The molecule has 0 spiro atoms. The molecule has 4 heterocycles. The normalized spacial score (nSPS) is 13.7. The van der Waals surface area contributed by atoms with E-state index in [1.807, 2.05) is 18.5 Å². The maximum absolute atomic E-state index is 4.84. The van der Waals surface area contributed by atoms with Gasteiger partial charge in [-0.05, 0) is 72.3 Å². The summed E-state index contributed by atoms with van der Waals surface area (Å²) in [6, 6.07) is 37.1. The highest BCUT2D eigenvalue weighted by Crippen LogP contribution is 2.47. The van der Waals surface area contributed by atoms with Crippen molar-refractivity contribution in [3.8, 4) is 28.1 Å². The number of aromatic nitrogens is 3. The van der Waals surface area contributed by atoms with E-state index in [4.69, 9.17) is 9.97 Å². The lowest BCUT2D eigenvalue weighted by atomic mass is 9.77. The molecule has 3 nitrogen and oxygen atoms in total. The monoisotopic (exact) mass is 487 g/mol. The molecule has 0 unspecified atom stereocenters. The highest BCUT2D eigenvalue weighted by Gasteiger charge is 2.36. The maximum Gasteiger partial charge on any atom is 0.0780 e. The van der Waals surface area contributed by atoms with Crippen LogP contribution in [0.1, 0.15) is 25.1 Å². The van der Waals surface area contributed by atoms with Gasteiger partial charge < -0.3 is 4.57 Å². The Labute approximate surface area is 221 Å². The molecular formula is C35H25N3. The van der Waals surface area contributed by atoms with Gasteiger partial charge in [0.2, 0.25) is 0 Å². The fourth-order valence-corrected chi connectivity index (χ4v) is 6.39. The second-order valence-corrected chi connectivity index (χ2v) is 10.7. The molecule has 7 aromatic rings. The molecule has 180 valence electrons. The molecule has 0 N–H and O–H groups in total. The van der Waals surface area contributed by atoms with Crippen LogP contribution in [0, 0.1) is 0 Å². The average molecular weight is 488 g/mol. The molecule has 1 aliphatic rings. The zero-order chi connectivity index (χ0) is 25.4. The molecule has 38 heavy (non-hydrogen) atoms. The Bertz CT molecular complexity index is 2060. The van der Waals surface area contributed by atoms with E-state index in [1.165, 1.54) is 55.0 Å². The van der Waals surface area contributed by atoms with Crippen molar-refractivity contribution in [3.05, 3.63) is 127 Å². The van der Waals surface area contributed by atoms with Crippen molar-refractivity contribution in [2.75, 3.05) is 0 Å². The quantitative estimate of drug-likeness (QED) is 0.244. The number of rotatable bonds is 2. The fourth-order valence-electron chi connectivity index (χ4n) is 6.39. The Hall–Kier alpha value is -4.76. The van der Waals surface area contributed by atoms with E-state index in [-0.39, 0.29) is 5.41 Å². The lowest BCUT2D eigenvalue weighted by Crippen LogP contribution is -2.27. The molecule has 8 rings (SSSR count). The second-order valence-electron chi connectivity index (χ2n) is 10.7. The van der Waals surface area contributed by atoms with Gasteiger partial charge in [-0.15, -0.1) is 0 Å². The van der Waals surface area contributed by atoms with Crippen molar-refractivity contribution in [1.29, 1.82) is 0 Å². The van der Waals surface area contributed by atoms with Gasteiger partial charge in [0.1, 0.15) is 0 Å². The third-order valence-electron chi connectivity index (χ3n) is 8.22. The smallest absolute Gasteiger partial charge is 0.0780 e. The largest absolute Gasteiger partial charge is 0.307 e. The second kappa shape index (κ2) is 7.62. The van der Waals surface area contributed by atoms with Gasteiger partial charge in [0.25, 0.3) is 0 Å². The highest BCUT2D eigenvalue weighted by atomic mass is 15.0. The molecule has 0 saturated heterocycles. The summed E-state index contributed by atoms with van der Waals surface area (Å²) in [5.41, 5.74) is 10.5. The minimum atomic E-state index is -0.164. The lowest BCUT2D eigenvalue weighted by Gasteiger charge is -2.33. The van der Waals surface area contributed by atoms with E-state index in [2.05, 4.69) is 115 Å². The number of hydrogen-bond donors (Lipinski definition) is 0. The predicted octanol–water partition coefficient (Wildman–Crippen LogP) is 8.70. The summed E-state index contributed by atoms with van der Waals surface area (Å²) in [6.45, 7) is 4.57. The minimum Gasteiger partial charge on any atom is -0.307 e. The molecular weight excluding hydrogens is 462 g/mol. The molecule has 0 amide bonds. The van der Waals surface area contributed by atoms with Gasteiger partial charge in [0, 0.05) is 39.5 Å². The van der Waals surface area contributed by atoms with Crippen LogP contribution in [-0.2, 0) is 5.41 Å².